The number of hydrogen-bond donors (Lipinski definition) is 2. The number of benzene rings is 2. The van der Waals surface area contributed by atoms with Crippen molar-refractivity contribution in [1.29, 1.82) is 0 Å². The van der Waals surface area contributed by atoms with Crippen molar-refractivity contribution < 1.29 is 29.0 Å². The van der Waals surface area contributed by atoms with Gasteiger partial charge in [-0.3, -0.25) is 14.4 Å². The highest BCUT2D eigenvalue weighted by Crippen LogP contribution is 2.26. The van der Waals surface area contributed by atoms with E-state index in [0.29, 0.717) is 42.1 Å². The van der Waals surface area contributed by atoms with Crippen LogP contribution in [0.2, 0.25) is 0 Å². The number of aryl methyl sites for hydroxylation is 1. The summed E-state index contributed by atoms with van der Waals surface area (Å²) in [5.74, 6) is -1.51. The van der Waals surface area contributed by atoms with Crippen molar-refractivity contribution in [2.45, 2.75) is 38.1 Å². The van der Waals surface area contributed by atoms with E-state index in [1.54, 1.807) is 54.5 Å². The van der Waals surface area contributed by atoms with E-state index in [1.807, 2.05) is 6.92 Å². The van der Waals surface area contributed by atoms with Crippen LogP contribution in [0.1, 0.15) is 29.3 Å². The second kappa shape index (κ2) is 11.5. The highest BCUT2D eigenvalue weighted by molar-refractivity contribution is 6.04. The van der Waals surface area contributed by atoms with Crippen molar-refractivity contribution in [3.05, 3.63) is 65.0 Å². The quantitative estimate of drug-likeness (QED) is 0.558. The van der Waals surface area contributed by atoms with Gasteiger partial charge in [0.2, 0.25) is 0 Å². The third kappa shape index (κ3) is 5.64. The molecule has 3 atom stereocenters. The summed E-state index contributed by atoms with van der Waals surface area (Å²) in [6, 6.07) is 11.6. The first kappa shape index (κ1) is 26.3. The van der Waals surface area contributed by atoms with Crippen LogP contribution in [0.4, 0.5) is 17.1 Å². The minimum atomic E-state index is -1.75. The molecule has 0 aliphatic carbocycles. The van der Waals surface area contributed by atoms with Gasteiger partial charge < -0.3 is 29.7 Å². The van der Waals surface area contributed by atoms with Gasteiger partial charge in [0.1, 0.15) is 0 Å². The van der Waals surface area contributed by atoms with Gasteiger partial charge in [0.25, 0.3) is 17.7 Å². The zero-order valence-corrected chi connectivity index (χ0v) is 20.8. The summed E-state index contributed by atoms with van der Waals surface area (Å²) in [4.78, 5) is 45.6. The molecule has 4 rings (SSSR count). The standard InChI is InChI=1S/C27H30N4O6/c1-4-17-14-19(8-9-22(17)28-2)29-25(33)23(32)24-27(35)31(12-13-37-24)20-7-5-6-18(15-20)26(34)30-11-10-21(16-30)36-3/h5-9,14-15,21,23-24,32H,4,10-13,16H2,1,3H3,(H,29,33)/t21-,23+,24+/m0/s1. The van der Waals surface area contributed by atoms with Crippen LogP contribution in [0.25, 0.3) is 4.85 Å². The van der Waals surface area contributed by atoms with Gasteiger partial charge in [0.15, 0.2) is 17.9 Å². The number of carbonyl (C=O) groups is 3. The molecule has 0 unspecified atom stereocenters. The number of nitrogens with one attached hydrogen (secondary N) is 1. The Kier molecular flexibility index (Phi) is 8.18. The average molecular weight is 507 g/mol. The van der Waals surface area contributed by atoms with Gasteiger partial charge in [-0.15, -0.1) is 0 Å². The fraction of sp³-hybridized carbons (Fsp3) is 0.407. The highest BCUT2D eigenvalue weighted by Gasteiger charge is 2.39. The van der Waals surface area contributed by atoms with Crippen LogP contribution >= 0.6 is 0 Å². The molecule has 0 bridgehead atoms. The lowest BCUT2D eigenvalue weighted by Crippen LogP contribution is -2.55. The second-order valence-corrected chi connectivity index (χ2v) is 8.97. The van der Waals surface area contributed by atoms with Gasteiger partial charge >= 0.3 is 0 Å². The van der Waals surface area contributed by atoms with Crippen LogP contribution in [0.5, 0.6) is 0 Å². The predicted octanol–water partition coefficient (Wildman–Crippen LogP) is 2.39. The number of aliphatic hydroxyl groups excluding tert-OH is 1. The molecule has 2 aliphatic heterocycles. The Balaban J connectivity index is 1.45. The Morgan fingerprint density at radius 3 is 2.78 bits per heavy atom. The molecule has 2 saturated heterocycles. The molecule has 0 saturated carbocycles. The molecule has 2 aliphatic rings. The molecule has 0 spiro atoms. The van der Waals surface area contributed by atoms with Crippen LogP contribution in [0.15, 0.2) is 42.5 Å². The van der Waals surface area contributed by atoms with Crippen LogP contribution < -0.4 is 10.2 Å². The fourth-order valence-electron chi connectivity index (χ4n) is 4.59. The normalized spacial score (nSPS) is 20.4. The molecule has 2 aromatic rings. The predicted molar refractivity (Wildman–Crippen MR) is 137 cm³/mol. The Hall–Kier alpha value is -3.78. The number of nitrogens with zero attached hydrogens (tertiary/aromatic N) is 3. The van der Waals surface area contributed by atoms with E-state index in [2.05, 4.69) is 10.2 Å². The topological polar surface area (TPSA) is 113 Å². The first-order chi connectivity index (χ1) is 17.9. The molecule has 10 nitrogen and oxygen atoms in total. The van der Waals surface area contributed by atoms with Crippen LogP contribution in [-0.2, 0) is 25.5 Å². The number of carbonyl (C=O) groups excluding carboxylic acids is 3. The molecule has 10 heteroatoms. The molecule has 2 aromatic carbocycles. The third-order valence-electron chi connectivity index (χ3n) is 6.70. The number of aliphatic hydroxyl groups is 1. The van der Waals surface area contributed by atoms with Gasteiger partial charge in [-0.25, -0.2) is 4.85 Å². The molecule has 0 aromatic heterocycles. The summed E-state index contributed by atoms with van der Waals surface area (Å²) in [7, 11) is 1.63. The van der Waals surface area contributed by atoms with Crippen molar-refractivity contribution in [2.75, 3.05) is 43.6 Å². The number of amides is 3. The van der Waals surface area contributed by atoms with Crippen molar-refractivity contribution in [1.82, 2.24) is 4.90 Å². The molecule has 194 valence electrons. The summed E-state index contributed by atoms with van der Waals surface area (Å²) >= 11 is 0. The van der Waals surface area contributed by atoms with Crippen LogP contribution in [-0.4, -0.2) is 79.4 Å². The van der Waals surface area contributed by atoms with Crippen molar-refractivity contribution >= 4 is 34.8 Å². The smallest absolute Gasteiger partial charge is 0.259 e. The summed E-state index contributed by atoms with van der Waals surface area (Å²) in [6.45, 7) is 10.6. The number of anilines is 2. The van der Waals surface area contributed by atoms with E-state index in [0.717, 1.165) is 12.0 Å². The van der Waals surface area contributed by atoms with Gasteiger partial charge in [-0.1, -0.05) is 19.1 Å². The molecular formula is C27H30N4O6. The van der Waals surface area contributed by atoms with Crippen molar-refractivity contribution in [2.24, 2.45) is 0 Å². The average Bonchev–Trinajstić information content (AvgIpc) is 3.42. The summed E-state index contributed by atoms with van der Waals surface area (Å²) in [5, 5.41) is 13.3. The Labute approximate surface area is 215 Å². The number of hydrogen-bond acceptors (Lipinski definition) is 6. The maximum Gasteiger partial charge on any atom is 0.259 e. The van der Waals surface area contributed by atoms with Crippen molar-refractivity contribution in [3.63, 3.8) is 0 Å². The van der Waals surface area contributed by atoms with E-state index in [9.17, 15) is 19.5 Å². The lowest BCUT2D eigenvalue weighted by molar-refractivity contribution is -0.150. The van der Waals surface area contributed by atoms with Gasteiger partial charge in [0.05, 0.1) is 19.3 Å². The number of morpholine rings is 1. The van der Waals surface area contributed by atoms with Gasteiger partial charge in [-0.05, 0) is 48.7 Å². The minimum Gasteiger partial charge on any atom is -0.380 e. The SMILES string of the molecule is [C-]#[N+]c1ccc(NC(=O)[C@H](O)[C@H]2OCCN(c3cccc(C(=O)N4CC[C@H](OC)C4)c3)C2=O)cc1CC. The molecule has 37 heavy (non-hydrogen) atoms. The molecule has 0 radical (unpaired) electrons. The Bertz CT molecular complexity index is 1230. The minimum absolute atomic E-state index is 0.0144. The molecule has 2 N–H and O–H groups in total. The largest absolute Gasteiger partial charge is 0.380 e. The number of rotatable bonds is 7. The maximum absolute atomic E-state index is 13.2. The van der Waals surface area contributed by atoms with Crippen LogP contribution in [0, 0.1) is 6.57 Å². The lowest BCUT2D eigenvalue weighted by Gasteiger charge is -2.34. The summed E-state index contributed by atoms with van der Waals surface area (Å²) in [5.41, 5.74) is 2.60. The lowest BCUT2D eigenvalue weighted by atomic mass is 10.1. The molecule has 2 fully saturated rings. The summed E-state index contributed by atoms with van der Waals surface area (Å²) in [6.07, 6.45) is -1.76. The zero-order chi connectivity index (χ0) is 26.5. The molecule has 2 heterocycles. The number of likely N-dealkylation sites (tertiary alicyclic amines) is 1. The highest BCUT2D eigenvalue weighted by atomic mass is 16.5. The molecular weight excluding hydrogens is 476 g/mol. The van der Waals surface area contributed by atoms with Crippen LogP contribution in [0.3, 0.4) is 0 Å². The van der Waals surface area contributed by atoms with E-state index >= 15 is 0 Å². The van der Waals surface area contributed by atoms with Gasteiger partial charge in [-0.2, -0.15) is 0 Å². The second-order valence-electron chi connectivity index (χ2n) is 8.97. The van der Waals surface area contributed by atoms with E-state index < -0.39 is 24.0 Å². The number of ether oxygens (including phenoxy) is 2. The molecule has 3 amide bonds. The first-order valence-electron chi connectivity index (χ1n) is 12.2. The van der Waals surface area contributed by atoms with E-state index in [4.69, 9.17) is 16.0 Å². The Morgan fingerprint density at radius 1 is 1.27 bits per heavy atom. The summed E-state index contributed by atoms with van der Waals surface area (Å²) < 4.78 is 10.8. The fourth-order valence-corrected chi connectivity index (χ4v) is 4.59. The first-order valence-corrected chi connectivity index (χ1v) is 12.2. The van der Waals surface area contributed by atoms with Gasteiger partial charge in [0, 0.05) is 43.7 Å². The van der Waals surface area contributed by atoms with Crippen molar-refractivity contribution in [3.8, 4) is 0 Å². The van der Waals surface area contributed by atoms with E-state index in [1.165, 1.54) is 4.90 Å². The zero-order valence-electron chi connectivity index (χ0n) is 20.8. The Morgan fingerprint density at radius 2 is 2.08 bits per heavy atom. The monoisotopic (exact) mass is 506 g/mol. The maximum atomic E-state index is 13.2. The number of methoxy groups -OCH3 is 1. The van der Waals surface area contributed by atoms with E-state index in [-0.39, 0.29) is 25.2 Å². The third-order valence-corrected chi connectivity index (χ3v) is 6.70.